The Kier molecular flexibility index (Phi) is 8.85. The van der Waals surface area contributed by atoms with E-state index < -0.39 is 17.4 Å². The van der Waals surface area contributed by atoms with Gasteiger partial charge in [0.15, 0.2) is 5.41 Å². The van der Waals surface area contributed by atoms with Crippen molar-refractivity contribution in [1.82, 2.24) is 0 Å². The predicted octanol–water partition coefficient (Wildman–Crippen LogP) is 5.74. The molecule has 2 aliphatic carbocycles. The zero-order chi connectivity index (χ0) is 19.7. The Hall–Kier alpha value is -1.32. The number of carbonyl (C=O) groups is 2. The molecule has 0 atom stereocenters. The van der Waals surface area contributed by atoms with E-state index in [0.717, 1.165) is 57.8 Å². The third kappa shape index (κ3) is 6.36. The number of rotatable bonds is 9. The lowest BCUT2D eigenvalue weighted by atomic mass is 9.78. The number of esters is 2. The van der Waals surface area contributed by atoms with Crippen LogP contribution in [0.25, 0.3) is 0 Å². The van der Waals surface area contributed by atoms with Crippen molar-refractivity contribution in [3.63, 3.8) is 0 Å². The SMILES string of the molecule is C=CCC(CCC(C)C)(C(=O)OC1CCCCC1)C(=O)OC1CCCCC1. The van der Waals surface area contributed by atoms with Gasteiger partial charge in [-0.25, -0.2) is 0 Å². The molecule has 0 aliphatic heterocycles. The number of ether oxygens (including phenoxy) is 2. The lowest BCUT2D eigenvalue weighted by Crippen LogP contribution is -2.45. The molecular formula is C23H38O4. The molecule has 0 aromatic rings. The van der Waals surface area contributed by atoms with Gasteiger partial charge in [0.1, 0.15) is 12.2 Å². The zero-order valence-corrected chi connectivity index (χ0v) is 17.3. The molecule has 0 heterocycles. The Morgan fingerprint density at radius 3 is 1.74 bits per heavy atom. The average Bonchev–Trinajstić information content (AvgIpc) is 2.66. The number of carbonyl (C=O) groups excluding carboxylic acids is 2. The molecule has 2 aliphatic rings. The average molecular weight is 379 g/mol. The van der Waals surface area contributed by atoms with Gasteiger partial charge in [0.2, 0.25) is 0 Å². The summed E-state index contributed by atoms with van der Waals surface area (Å²) in [5.41, 5.74) is -1.24. The van der Waals surface area contributed by atoms with Crippen LogP contribution in [-0.4, -0.2) is 24.1 Å². The van der Waals surface area contributed by atoms with Gasteiger partial charge in [-0.05, 0) is 76.5 Å². The maximum Gasteiger partial charge on any atom is 0.324 e. The third-order valence-electron chi connectivity index (χ3n) is 6.07. The first-order valence-electron chi connectivity index (χ1n) is 11.0. The van der Waals surface area contributed by atoms with Crippen LogP contribution in [0.3, 0.4) is 0 Å². The molecule has 4 nitrogen and oxygen atoms in total. The van der Waals surface area contributed by atoms with Crippen molar-refractivity contribution in [1.29, 1.82) is 0 Å². The van der Waals surface area contributed by atoms with Crippen LogP contribution in [0.5, 0.6) is 0 Å². The zero-order valence-electron chi connectivity index (χ0n) is 17.3. The van der Waals surface area contributed by atoms with Crippen molar-refractivity contribution in [3.8, 4) is 0 Å². The predicted molar refractivity (Wildman–Crippen MR) is 107 cm³/mol. The summed E-state index contributed by atoms with van der Waals surface area (Å²) in [5, 5.41) is 0. The van der Waals surface area contributed by atoms with E-state index in [4.69, 9.17) is 9.47 Å². The van der Waals surface area contributed by atoms with Crippen LogP contribution in [0.4, 0.5) is 0 Å². The second-order valence-corrected chi connectivity index (χ2v) is 8.84. The molecule has 2 saturated carbocycles. The molecule has 0 bridgehead atoms. The quantitative estimate of drug-likeness (QED) is 0.292. The van der Waals surface area contributed by atoms with Gasteiger partial charge in [0.25, 0.3) is 0 Å². The normalized spacial score (nSPS) is 19.7. The molecule has 0 amide bonds. The van der Waals surface area contributed by atoms with E-state index in [0.29, 0.717) is 12.3 Å². The van der Waals surface area contributed by atoms with E-state index in [-0.39, 0.29) is 18.6 Å². The van der Waals surface area contributed by atoms with Gasteiger partial charge in [-0.15, -0.1) is 6.58 Å². The maximum atomic E-state index is 13.2. The fourth-order valence-electron chi connectivity index (χ4n) is 4.23. The molecule has 0 spiro atoms. The van der Waals surface area contributed by atoms with Gasteiger partial charge < -0.3 is 9.47 Å². The maximum absolute atomic E-state index is 13.2. The molecule has 0 aromatic heterocycles. The molecule has 0 aromatic carbocycles. The summed E-state index contributed by atoms with van der Waals surface area (Å²) in [6, 6.07) is 0. The lowest BCUT2D eigenvalue weighted by molar-refractivity contribution is -0.181. The molecule has 0 saturated heterocycles. The molecule has 154 valence electrons. The molecule has 0 radical (unpaired) electrons. The van der Waals surface area contributed by atoms with Crippen molar-refractivity contribution in [3.05, 3.63) is 12.7 Å². The van der Waals surface area contributed by atoms with Gasteiger partial charge in [-0.2, -0.15) is 0 Å². The second-order valence-electron chi connectivity index (χ2n) is 8.84. The standard InChI is InChI=1S/C23H38O4/c1-4-16-23(17-15-18(2)3,21(24)26-19-11-7-5-8-12-19)22(25)27-20-13-9-6-10-14-20/h4,18-20H,1,5-17H2,2-3H3. The Morgan fingerprint density at radius 1 is 0.926 bits per heavy atom. The molecule has 27 heavy (non-hydrogen) atoms. The Balaban J connectivity index is 2.16. The number of hydrogen-bond donors (Lipinski definition) is 0. The minimum atomic E-state index is -1.24. The first-order chi connectivity index (χ1) is 13.0. The van der Waals surface area contributed by atoms with Crippen LogP contribution < -0.4 is 0 Å². The number of hydrogen-bond acceptors (Lipinski definition) is 4. The van der Waals surface area contributed by atoms with E-state index in [2.05, 4.69) is 20.4 Å². The Morgan fingerprint density at radius 2 is 1.37 bits per heavy atom. The minimum Gasteiger partial charge on any atom is -0.462 e. The van der Waals surface area contributed by atoms with Crippen molar-refractivity contribution in [2.24, 2.45) is 11.3 Å². The summed E-state index contributed by atoms with van der Waals surface area (Å²) in [7, 11) is 0. The lowest BCUT2D eigenvalue weighted by Gasteiger charge is -2.34. The summed E-state index contributed by atoms with van der Waals surface area (Å²) in [6.45, 7) is 8.03. The Bertz CT molecular complexity index is 453. The first kappa shape index (κ1) is 22.0. The molecule has 2 rings (SSSR count). The first-order valence-corrected chi connectivity index (χ1v) is 11.0. The largest absolute Gasteiger partial charge is 0.462 e. The topological polar surface area (TPSA) is 52.6 Å². The van der Waals surface area contributed by atoms with Gasteiger partial charge >= 0.3 is 11.9 Å². The van der Waals surface area contributed by atoms with Crippen molar-refractivity contribution in [2.75, 3.05) is 0 Å². The summed E-state index contributed by atoms with van der Waals surface area (Å²) in [5.74, 6) is -0.384. The highest BCUT2D eigenvalue weighted by Crippen LogP contribution is 2.37. The smallest absolute Gasteiger partial charge is 0.324 e. The summed E-state index contributed by atoms with van der Waals surface area (Å²) >= 11 is 0. The van der Waals surface area contributed by atoms with E-state index >= 15 is 0 Å². The van der Waals surface area contributed by atoms with E-state index in [1.54, 1.807) is 6.08 Å². The van der Waals surface area contributed by atoms with Crippen LogP contribution in [0.1, 0.15) is 97.3 Å². The van der Waals surface area contributed by atoms with E-state index in [1.165, 1.54) is 12.8 Å². The van der Waals surface area contributed by atoms with Gasteiger partial charge in [0.05, 0.1) is 0 Å². The van der Waals surface area contributed by atoms with E-state index in [1.807, 2.05) is 0 Å². The highest BCUT2D eigenvalue weighted by atomic mass is 16.6. The third-order valence-corrected chi connectivity index (χ3v) is 6.07. The Labute approximate surface area is 165 Å². The van der Waals surface area contributed by atoms with Gasteiger partial charge in [-0.3, -0.25) is 9.59 Å². The van der Waals surface area contributed by atoms with Crippen LogP contribution in [0.2, 0.25) is 0 Å². The van der Waals surface area contributed by atoms with Crippen LogP contribution in [0.15, 0.2) is 12.7 Å². The molecule has 2 fully saturated rings. The van der Waals surface area contributed by atoms with E-state index in [9.17, 15) is 9.59 Å². The fraction of sp³-hybridized carbons (Fsp3) is 0.826. The van der Waals surface area contributed by atoms with Gasteiger partial charge in [0, 0.05) is 0 Å². The van der Waals surface area contributed by atoms with Crippen molar-refractivity contribution < 1.29 is 19.1 Å². The van der Waals surface area contributed by atoms with Crippen LogP contribution in [0, 0.1) is 11.3 Å². The second kappa shape index (κ2) is 10.9. The summed E-state index contributed by atoms with van der Waals surface area (Å²) < 4.78 is 11.7. The van der Waals surface area contributed by atoms with Crippen LogP contribution >= 0.6 is 0 Å². The molecule has 0 unspecified atom stereocenters. The minimum absolute atomic E-state index is 0.0584. The number of allylic oxidation sites excluding steroid dienone is 1. The van der Waals surface area contributed by atoms with Crippen molar-refractivity contribution >= 4 is 11.9 Å². The monoisotopic (exact) mass is 378 g/mol. The molecule has 0 N–H and O–H groups in total. The summed E-state index contributed by atoms with van der Waals surface area (Å²) in [6.07, 6.45) is 13.4. The van der Waals surface area contributed by atoms with Crippen LogP contribution in [-0.2, 0) is 19.1 Å². The van der Waals surface area contributed by atoms with Gasteiger partial charge in [-0.1, -0.05) is 32.8 Å². The molecule has 4 heteroatoms. The highest BCUT2D eigenvalue weighted by Gasteiger charge is 2.49. The molecular weight excluding hydrogens is 340 g/mol. The highest BCUT2D eigenvalue weighted by molar-refractivity contribution is 6.00. The fourth-order valence-corrected chi connectivity index (χ4v) is 4.23. The summed E-state index contributed by atoms with van der Waals surface area (Å²) in [4.78, 5) is 26.5. The van der Waals surface area contributed by atoms with Crippen molar-refractivity contribution in [2.45, 2.75) is 110 Å².